The molecule has 0 aromatic rings. The topological polar surface area (TPSA) is 78.9 Å². The van der Waals surface area contributed by atoms with Crippen LogP contribution in [0.25, 0.3) is 0 Å². The second-order valence-corrected chi connectivity index (χ2v) is 17.8. The van der Waals surface area contributed by atoms with Gasteiger partial charge in [-0.3, -0.25) is 14.4 Å². The first-order valence-corrected chi connectivity index (χ1v) is 26.9. The zero-order valence-electron chi connectivity index (χ0n) is 42.0. The number of carbonyl (C=O) groups is 3. The Bertz CT molecular complexity index is 1210. The first-order valence-electron chi connectivity index (χ1n) is 26.9. The molecule has 0 aromatic carbocycles. The maximum atomic E-state index is 12.7. The highest BCUT2D eigenvalue weighted by atomic mass is 16.6. The van der Waals surface area contributed by atoms with E-state index in [4.69, 9.17) is 14.2 Å². The number of hydrogen-bond acceptors (Lipinski definition) is 6. The summed E-state index contributed by atoms with van der Waals surface area (Å²) in [7, 11) is 0. The van der Waals surface area contributed by atoms with Gasteiger partial charge in [-0.05, 0) is 70.6 Å². The molecule has 0 saturated heterocycles. The SMILES string of the molecule is CC/C=C\C/C=C\C/C=C\C/C=C\C/C=C\C/C=C\CCCCCCCCCCCCC(=O)OCC(COC(=O)CCCCCCCCC)OC(=O)CCCCCCCCCCCC. The third-order valence-electron chi connectivity index (χ3n) is 11.5. The van der Waals surface area contributed by atoms with Crippen LogP contribution in [0.1, 0.15) is 258 Å². The van der Waals surface area contributed by atoms with Gasteiger partial charge in [0.15, 0.2) is 6.10 Å². The summed E-state index contributed by atoms with van der Waals surface area (Å²) in [6.07, 6.45) is 66.3. The third-order valence-corrected chi connectivity index (χ3v) is 11.5. The van der Waals surface area contributed by atoms with Gasteiger partial charge in [-0.15, -0.1) is 0 Å². The zero-order valence-corrected chi connectivity index (χ0v) is 42.0. The molecule has 0 aliphatic heterocycles. The molecule has 0 aliphatic rings. The average Bonchev–Trinajstić information content (AvgIpc) is 3.29. The lowest BCUT2D eigenvalue weighted by atomic mass is 10.1. The van der Waals surface area contributed by atoms with Gasteiger partial charge in [0.25, 0.3) is 0 Å². The van der Waals surface area contributed by atoms with E-state index in [2.05, 4.69) is 93.7 Å². The van der Waals surface area contributed by atoms with Gasteiger partial charge in [0, 0.05) is 19.3 Å². The molecular weight excluding hydrogens is 793 g/mol. The summed E-state index contributed by atoms with van der Waals surface area (Å²) in [6.45, 7) is 6.47. The molecule has 0 amide bonds. The van der Waals surface area contributed by atoms with E-state index in [1.165, 1.54) is 122 Å². The molecule has 0 aromatic heterocycles. The molecule has 0 saturated carbocycles. The fourth-order valence-electron chi connectivity index (χ4n) is 7.45. The summed E-state index contributed by atoms with van der Waals surface area (Å²) in [6, 6.07) is 0. The van der Waals surface area contributed by atoms with E-state index in [-0.39, 0.29) is 31.1 Å². The molecule has 0 spiro atoms. The Morgan fingerprint density at radius 2 is 0.609 bits per heavy atom. The second kappa shape index (κ2) is 52.5. The molecule has 0 aliphatic carbocycles. The molecule has 6 nitrogen and oxygen atoms in total. The van der Waals surface area contributed by atoms with Crippen LogP contribution in [0.15, 0.2) is 72.9 Å². The molecule has 0 bridgehead atoms. The van der Waals surface area contributed by atoms with Gasteiger partial charge in [-0.2, -0.15) is 0 Å². The van der Waals surface area contributed by atoms with Gasteiger partial charge in [-0.25, -0.2) is 0 Å². The number of unbranched alkanes of at least 4 members (excludes halogenated alkanes) is 25. The molecule has 64 heavy (non-hydrogen) atoms. The molecule has 0 heterocycles. The van der Waals surface area contributed by atoms with E-state index in [1.54, 1.807) is 0 Å². The third kappa shape index (κ3) is 49.9. The average molecular weight is 893 g/mol. The highest BCUT2D eigenvalue weighted by molar-refractivity contribution is 5.71. The van der Waals surface area contributed by atoms with Crippen LogP contribution in [0.2, 0.25) is 0 Å². The fraction of sp³-hybridized carbons (Fsp3) is 0.741. The molecule has 6 heteroatoms. The number of allylic oxidation sites excluding steroid dienone is 12. The van der Waals surface area contributed by atoms with Crippen LogP contribution < -0.4 is 0 Å². The summed E-state index contributed by atoms with van der Waals surface area (Å²) in [4.78, 5) is 37.7. The lowest BCUT2D eigenvalue weighted by Crippen LogP contribution is -2.30. The molecule has 1 unspecified atom stereocenters. The largest absolute Gasteiger partial charge is 0.462 e. The number of ether oxygens (including phenoxy) is 3. The van der Waals surface area contributed by atoms with Gasteiger partial charge in [-0.1, -0.05) is 241 Å². The summed E-state index contributed by atoms with van der Waals surface area (Å²) in [5.41, 5.74) is 0. The minimum Gasteiger partial charge on any atom is -0.462 e. The van der Waals surface area contributed by atoms with Crippen molar-refractivity contribution in [1.82, 2.24) is 0 Å². The Balaban J connectivity index is 4.07. The van der Waals surface area contributed by atoms with E-state index in [1.807, 2.05) is 0 Å². The molecule has 0 rings (SSSR count). The van der Waals surface area contributed by atoms with Crippen molar-refractivity contribution in [3.05, 3.63) is 72.9 Å². The number of carbonyl (C=O) groups excluding carboxylic acids is 3. The van der Waals surface area contributed by atoms with Crippen LogP contribution in [-0.4, -0.2) is 37.2 Å². The van der Waals surface area contributed by atoms with Crippen molar-refractivity contribution in [2.24, 2.45) is 0 Å². The number of rotatable bonds is 48. The molecule has 368 valence electrons. The first-order chi connectivity index (χ1) is 31.5. The van der Waals surface area contributed by atoms with E-state index in [0.717, 1.165) is 96.3 Å². The lowest BCUT2D eigenvalue weighted by Gasteiger charge is -2.18. The molecule has 0 N–H and O–H groups in total. The molecule has 0 fully saturated rings. The number of hydrogen-bond donors (Lipinski definition) is 0. The summed E-state index contributed by atoms with van der Waals surface area (Å²) in [5.74, 6) is -0.883. The Hall–Kier alpha value is -3.15. The Morgan fingerprint density at radius 3 is 0.953 bits per heavy atom. The molecular formula is C58H100O6. The molecule has 0 radical (unpaired) electrons. The first kappa shape index (κ1) is 60.9. The van der Waals surface area contributed by atoms with E-state index in [9.17, 15) is 14.4 Å². The molecule has 1 atom stereocenters. The Kier molecular flexibility index (Phi) is 49.9. The quantitative estimate of drug-likeness (QED) is 0.0262. The number of esters is 3. The van der Waals surface area contributed by atoms with Gasteiger partial charge in [0.2, 0.25) is 0 Å². The van der Waals surface area contributed by atoms with Crippen LogP contribution in [0.3, 0.4) is 0 Å². The standard InChI is InChI=1S/C58H100O6/c1-4-7-10-13-16-18-20-21-22-23-24-25-26-27-28-29-30-31-32-33-34-35-36-37-38-40-42-45-48-51-57(60)63-54-55(53-62-56(59)50-47-44-41-15-12-9-6-3)64-58(61)52-49-46-43-39-19-17-14-11-8-5-2/h7,10,16,18,21-22,24-25,27-28,30-31,55H,4-6,8-9,11-15,17,19-20,23,26,29,32-54H2,1-3H3/b10-7-,18-16-,22-21-,25-24-,28-27-,31-30-. The maximum absolute atomic E-state index is 12.7. The summed E-state index contributed by atoms with van der Waals surface area (Å²) >= 11 is 0. The second-order valence-electron chi connectivity index (χ2n) is 17.8. The predicted octanol–water partition coefficient (Wildman–Crippen LogP) is 17.8. The lowest BCUT2D eigenvalue weighted by molar-refractivity contribution is -0.167. The van der Waals surface area contributed by atoms with Crippen molar-refractivity contribution in [3.63, 3.8) is 0 Å². The highest BCUT2D eigenvalue weighted by Crippen LogP contribution is 2.15. The van der Waals surface area contributed by atoms with Crippen molar-refractivity contribution >= 4 is 17.9 Å². The van der Waals surface area contributed by atoms with Crippen LogP contribution in [0.4, 0.5) is 0 Å². The van der Waals surface area contributed by atoms with Crippen LogP contribution in [0.5, 0.6) is 0 Å². The Labute approximate surface area is 395 Å². The monoisotopic (exact) mass is 893 g/mol. The van der Waals surface area contributed by atoms with Crippen LogP contribution in [0, 0.1) is 0 Å². The van der Waals surface area contributed by atoms with Gasteiger partial charge < -0.3 is 14.2 Å². The van der Waals surface area contributed by atoms with Crippen molar-refractivity contribution in [2.75, 3.05) is 13.2 Å². The van der Waals surface area contributed by atoms with Crippen molar-refractivity contribution in [2.45, 2.75) is 264 Å². The van der Waals surface area contributed by atoms with Crippen molar-refractivity contribution in [1.29, 1.82) is 0 Å². The predicted molar refractivity (Wildman–Crippen MR) is 274 cm³/mol. The summed E-state index contributed by atoms with van der Waals surface area (Å²) < 4.78 is 16.7. The minimum absolute atomic E-state index is 0.0736. The zero-order chi connectivity index (χ0) is 46.5. The summed E-state index contributed by atoms with van der Waals surface area (Å²) in [5, 5.41) is 0. The van der Waals surface area contributed by atoms with Crippen molar-refractivity contribution < 1.29 is 28.6 Å². The van der Waals surface area contributed by atoms with Crippen molar-refractivity contribution in [3.8, 4) is 0 Å². The maximum Gasteiger partial charge on any atom is 0.306 e. The smallest absolute Gasteiger partial charge is 0.306 e. The van der Waals surface area contributed by atoms with Crippen LogP contribution in [-0.2, 0) is 28.6 Å². The van der Waals surface area contributed by atoms with E-state index in [0.29, 0.717) is 19.3 Å². The van der Waals surface area contributed by atoms with Gasteiger partial charge in [0.05, 0.1) is 0 Å². The fourth-order valence-corrected chi connectivity index (χ4v) is 7.45. The minimum atomic E-state index is -0.769. The van der Waals surface area contributed by atoms with Crippen LogP contribution >= 0.6 is 0 Å². The Morgan fingerprint density at radius 1 is 0.328 bits per heavy atom. The van der Waals surface area contributed by atoms with E-state index >= 15 is 0 Å². The highest BCUT2D eigenvalue weighted by Gasteiger charge is 2.19. The van der Waals surface area contributed by atoms with E-state index < -0.39 is 6.10 Å². The van der Waals surface area contributed by atoms with Gasteiger partial charge >= 0.3 is 17.9 Å². The normalized spacial score (nSPS) is 12.6. The van der Waals surface area contributed by atoms with Gasteiger partial charge in [0.1, 0.15) is 13.2 Å².